The number of amides is 1. The molecule has 0 radical (unpaired) electrons. The molecule has 140 valence electrons. The van der Waals surface area contributed by atoms with E-state index in [4.69, 9.17) is 0 Å². The minimum atomic E-state index is -1.02. The van der Waals surface area contributed by atoms with Crippen LogP contribution < -0.4 is 10.8 Å². The summed E-state index contributed by atoms with van der Waals surface area (Å²) in [4.78, 5) is 32.4. The highest BCUT2D eigenvalue weighted by Gasteiger charge is 2.22. The number of nitrogens with zero attached hydrogens (tertiary/aromatic N) is 3. The second kappa shape index (κ2) is 7.42. The normalized spacial score (nSPS) is 11.0. The van der Waals surface area contributed by atoms with E-state index in [2.05, 4.69) is 25.7 Å². The van der Waals surface area contributed by atoms with Gasteiger partial charge in [0.15, 0.2) is 5.82 Å². The van der Waals surface area contributed by atoms with E-state index < -0.39 is 5.97 Å². The third-order valence-electron chi connectivity index (χ3n) is 4.00. The van der Waals surface area contributed by atoms with Crippen LogP contribution in [0.4, 0.5) is 11.5 Å². The van der Waals surface area contributed by atoms with Crippen molar-refractivity contribution in [2.75, 3.05) is 12.4 Å². The smallest absolute Gasteiger partial charge is 0.337 e. The van der Waals surface area contributed by atoms with Crippen molar-refractivity contribution in [3.63, 3.8) is 0 Å². The number of hydrogen-bond acceptors (Lipinski definition) is 6. The molecule has 27 heavy (non-hydrogen) atoms. The van der Waals surface area contributed by atoms with Crippen molar-refractivity contribution in [1.29, 1.82) is 0 Å². The summed E-state index contributed by atoms with van der Waals surface area (Å²) in [7, 11) is 1.36. The van der Waals surface area contributed by atoms with Crippen LogP contribution >= 0.6 is 0 Å². The van der Waals surface area contributed by atoms with Gasteiger partial charge in [-0.25, -0.2) is 19.8 Å². The number of aromatic carboxylic acids is 1. The zero-order valence-electron chi connectivity index (χ0n) is 15.1. The Bertz CT molecular complexity index is 1010. The Balaban J connectivity index is 2.07. The van der Waals surface area contributed by atoms with Gasteiger partial charge in [-0.15, -0.1) is 0 Å². The number of hydrogen-bond donors (Lipinski definition) is 3. The standard InChI is InChI=1S/C18H19N5O4/c1-10(2)14-13(18(25)26)8-23-15(14)16(19-9-20-23)21-12-6-4-5-11(7-12)17(24)22-27-3/h4-10H,1-3H3,(H,22,24)(H,25,26)(H,19,20,21). The number of fused-ring (bicyclic) bond motifs is 1. The van der Waals surface area contributed by atoms with Crippen LogP contribution in [0.3, 0.4) is 0 Å². The van der Waals surface area contributed by atoms with E-state index >= 15 is 0 Å². The summed E-state index contributed by atoms with van der Waals surface area (Å²) in [5.41, 5.74) is 4.68. The molecule has 9 heteroatoms. The van der Waals surface area contributed by atoms with Crippen molar-refractivity contribution >= 4 is 28.9 Å². The average molecular weight is 369 g/mol. The summed E-state index contributed by atoms with van der Waals surface area (Å²) in [6, 6.07) is 6.78. The van der Waals surface area contributed by atoms with Crippen molar-refractivity contribution < 1.29 is 19.5 Å². The lowest BCUT2D eigenvalue weighted by Gasteiger charge is -2.11. The third kappa shape index (κ3) is 3.58. The first-order valence-electron chi connectivity index (χ1n) is 8.22. The molecule has 0 saturated heterocycles. The van der Waals surface area contributed by atoms with E-state index in [1.54, 1.807) is 24.3 Å². The number of carbonyl (C=O) groups is 2. The Morgan fingerprint density at radius 2 is 2.07 bits per heavy atom. The Morgan fingerprint density at radius 1 is 1.30 bits per heavy atom. The SMILES string of the molecule is CONC(=O)c1cccc(Nc2ncnn3cc(C(=O)O)c(C(C)C)c23)c1. The molecule has 0 atom stereocenters. The summed E-state index contributed by atoms with van der Waals surface area (Å²) in [6.07, 6.45) is 2.81. The Kier molecular flexibility index (Phi) is 5.04. The van der Waals surface area contributed by atoms with Gasteiger partial charge in [0.2, 0.25) is 0 Å². The van der Waals surface area contributed by atoms with Gasteiger partial charge < -0.3 is 10.4 Å². The highest BCUT2D eigenvalue weighted by Crippen LogP contribution is 2.31. The fourth-order valence-electron chi connectivity index (χ4n) is 2.91. The fourth-order valence-corrected chi connectivity index (χ4v) is 2.91. The lowest BCUT2D eigenvalue weighted by atomic mass is 10.00. The van der Waals surface area contributed by atoms with Crippen LogP contribution in [0.25, 0.3) is 5.52 Å². The number of carboxylic acid groups (broad SMARTS) is 1. The first-order valence-corrected chi connectivity index (χ1v) is 8.22. The van der Waals surface area contributed by atoms with Crippen LogP contribution in [0.1, 0.15) is 46.0 Å². The quantitative estimate of drug-likeness (QED) is 0.572. The van der Waals surface area contributed by atoms with Gasteiger partial charge >= 0.3 is 5.97 Å². The molecule has 0 spiro atoms. The average Bonchev–Trinajstić information content (AvgIpc) is 3.03. The summed E-state index contributed by atoms with van der Waals surface area (Å²) in [6.45, 7) is 3.82. The number of hydroxylamine groups is 1. The first kappa shape index (κ1) is 18.3. The van der Waals surface area contributed by atoms with Gasteiger partial charge in [0.1, 0.15) is 11.8 Å². The second-order valence-corrected chi connectivity index (χ2v) is 6.16. The molecule has 0 unspecified atom stereocenters. The molecule has 9 nitrogen and oxygen atoms in total. The predicted molar refractivity (Wildman–Crippen MR) is 98.2 cm³/mol. The number of nitrogens with one attached hydrogen (secondary N) is 2. The first-order chi connectivity index (χ1) is 12.9. The van der Waals surface area contributed by atoms with Crippen LogP contribution in [0.15, 0.2) is 36.8 Å². The number of carboxylic acids is 1. The second-order valence-electron chi connectivity index (χ2n) is 6.16. The molecule has 2 aromatic heterocycles. The van der Waals surface area contributed by atoms with Gasteiger partial charge in [-0.05, 0) is 24.1 Å². The van der Waals surface area contributed by atoms with E-state index in [-0.39, 0.29) is 17.4 Å². The summed E-state index contributed by atoms with van der Waals surface area (Å²) >= 11 is 0. The van der Waals surface area contributed by atoms with Gasteiger partial charge in [0, 0.05) is 23.0 Å². The highest BCUT2D eigenvalue weighted by atomic mass is 16.6. The zero-order chi connectivity index (χ0) is 19.6. The highest BCUT2D eigenvalue weighted by molar-refractivity contribution is 5.96. The van der Waals surface area contributed by atoms with Crippen LogP contribution in [0, 0.1) is 0 Å². The third-order valence-corrected chi connectivity index (χ3v) is 4.00. The van der Waals surface area contributed by atoms with Gasteiger partial charge in [0.05, 0.1) is 12.7 Å². The van der Waals surface area contributed by atoms with Crippen molar-refractivity contribution in [1.82, 2.24) is 20.1 Å². The maximum absolute atomic E-state index is 11.9. The molecule has 0 aliphatic heterocycles. The van der Waals surface area contributed by atoms with Gasteiger partial charge in [0.25, 0.3) is 5.91 Å². The summed E-state index contributed by atoms with van der Waals surface area (Å²) in [5.74, 6) is -1.00. The molecule has 3 aromatic rings. The lowest BCUT2D eigenvalue weighted by Crippen LogP contribution is -2.21. The number of rotatable bonds is 6. The Morgan fingerprint density at radius 3 is 2.74 bits per heavy atom. The van der Waals surface area contributed by atoms with Crippen molar-refractivity contribution in [3.8, 4) is 0 Å². The number of aromatic nitrogens is 3. The topological polar surface area (TPSA) is 118 Å². The van der Waals surface area contributed by atoms with Gasteiger partial charge in [-0.3, -0.25) is 9.63 Å². The molecule has 1 aromatic carbocycles. The van der Waals surface area contributed by atoms with Gasteiger partial charge in [-0.1, -0.05) is 19.9 Å². The van der Waals surface area contributed by atoms with E-state index in [0.717, 1.165) is 0 Å². The largest absolute Gasteiger partial charge is 0.478 e. The molecule has 3 N–H and O–H groups in total. The molecule has 1 amide bonds. The van der Waals surface area contributed by atoms with Crippen molar-refractivity contribution in [3.05, 3.63) is 53.5 Å². The van der Waals surface area contributed by atoms with E-state index in [0.29, 0.717) is 28.1 Å². The maximum atomic E-state index is 11.9. The van der Waals surface area contributed by atoms with Crippen LogP contribution in [-0.2, 0) is 4.84 Å². The molecular weight excluding hydrogens is 350 g/mol. The van der Waals surface area contributed by atoms with Crippen molar-refractivity contribution in [2.24, 2.45) is 0 Å². The lowest BCUT2D eigenvalue weighted by molar-refractivity contribution is 0.0537. The summed E-state index contributed by atoms with van der Waals surface area (Å²) < 4.78 is 1.50. The molecule has 0 aliphatic rings. The summed E-state index contributed by atoms with van der Waals surface area (Å²) in [5, 5.41) is 16.8. The molecule has 3 rings (SSSR count). The van der Waals surface area contributed by atoms with E-state index in [1.165, 1.54) is 24.1 Å². The maximum Gasteiger partial charge on any atom is 0.337 e. The van der Waals surface area contributed by atoms with Crippen molar-refractivity contribution in [2.45, 2.75) is 19.8 Å². The van der Waals surface area contributed by atoms with E-state index in [9.17, 15) is 14.7 Å². The molecule has 0 bridgehead atoms. The van der Waals surface area contributed by atoms with Gasteiger partial charge in [-0.2, -0.15) is 5.10 Å². The minimum absolute atomic E-state index is 0.0496. The zero-order valence-corrected chi connectivity index (χ0v) is 15.1. The number of carbonyl (C=O) groups excluding carboxylic acids is 1. The molecule has 0 aliphatic carbocycles. The molecule has 2 heterocycles. The molecule has 0 saturated carbocycles. The van der Waals surface area contributed by atoms with Crippen LogP contribution in [0.5, 0.6) is 0 Å². The fraction of sp³-hybridized carbons (Fsp3) is 0.222. The molecular formula is C18H19N5O4. The van der Waals surface area contributed by atoms with Crippen LogP contribution in [0.2, 0.25) is 0 Å². The van der Waals surface area contributed by atoms with Crippen LogP contribution in [-0.4, -0.2) is 38.7 Å². The monoisotopic (exact) mass is 369 g/mol. The Labute approximate surface area is 154 Å². The number of benzene rings is 1. The Hall–Kier alpha value is -3.46. The number of anilines is 2. The predicted octanol–water partition coefficient (Wildman–Crippen LogP) is 2.59. The van der Waals surface area contributed by atoms with E-state index in [1.807, 2.05) is 13.8 Å². The molecule has 0 fully saturated rings. The minimum Gasteiger partial charge on any atom is -0.478 e.